The molecule has 23 heavy (non-hydrogen) atoms. The predicted octanol–water partition coefficient (Wildman–Crippen LogP) is 1.43. The van der Waals surface area contributed by atoms with Crippen molar-refractivity contribution in [2.75, 3.05) is 0 Å². The number of hydrogen-bond acceptors (Lipinski definition) is 5. The lowest BCUT2D eigenvalue weighted by Gasteiger charge is -2.34. The van der Waals surface area contributed by atoms with Crippen molar-refractivity contribution in [1.82, 2.24) is 25.1 Å². The maximum absolute atomic E-state index is 12.2. The highest BCUT2D eigenvalue weighted by Gasteiger charge is 2.28. The average Bonchev–Trinajstić information content (AvgIpc) is 3.15. The minimum absolute atomic E-state index is 0.0954. The molecule has 0 aliphatic heterocycles. The number of rotatable bonds is 4. The van der Waals surface area contributed by atoms with Gasteiger partial charge in [-0.05, 0) is 46.2 Å². The molecule has 8 heteroatoms. The number of carbonyl (C=O) groups excluding carboxylic acids is 1. The fraction of sp³-hybridized carbons (Fsp3) is 0.600. The highest BCUT2D eigenvalue weighted by atomic mass is 32.1. The van der Waals surface area contributed by atoms with Gasteiger partial charge in [0.15, 0.2) is 0 Å². The first-order chi connectivity index (χ1) is 11.1. The third kappa shape index (κ3) is 3.36. The van der Waals surface area contributed by atoms with Gasteiger partial charge >= 0.3 is 5.69 Å². The summed E-state index contributed by atoms with van der Waals surface area (Å²) in [6, 6.07) is 3.80. The van der Waals surface area contributed by atoms with Gasteiger partial charge in [-0.2, -0.15) is 9.36 Å². The third-order valence-corrected chi connectivity index (χ3v) is 5.54. The molecule has 124 valence electrons. The van der Waals surface area contributed by atoms with Gasteiger partial charge < -0.3 is 5.32 Å². The smallest absolute Gasteiger partial charge is 0.351 e. The van der Waals surface area contributed by atoms with Gasteiger partial charge in [-0.1, -0.05) is 26.7 Å². The Hall–Kier alpha value is -1.96. The van der Waals surface area contributed by atoms with Crippen LogP contribution in [0.1, 0.15) is 33.1 Å². The monoisotopic (exact) mass is 335 g/mol. The van der Waals surface area contributed by atoms with E-state index in [-0.39, 0.29) is 18.5 Å². The van der Waals surface area contributed by atoms with Crippen molar-refractivity contribution in [3.8, 4) is 5.00 Å². The normalized spacial score (nSPS) is 24.5. The SMILES string of the molecule is CC1CCCC(NC(=O)Cn2nnn(-c3cccs3)c2=O)C1C. The average molecular weight is 335 g/mol. The van der Waals surface area contributed by atoms with Crippen molar-refractivity contribution in [2.24, 2.45) is 11.8 Å². The van der Waals surface area contributed by atoms with E-state index in [1.54, 1.807) is 6.07 Å². The zero-order chi connectivity index (χ0) is 16.4. The number of amides is 1. The lowest BCUT2D eigenvalue weighted by Crippen LogP contribution is -2.45. The van der Waals surface area contributed by atoms with Crippen LogP contribution in [0.25, 0.3) is 5.00 Å². The highest BCUT2D eigenvalue weighted by molar-refractivity contribution is 7.12. The van der Waals surface area contributed by atoms with Gasteiger partial charge in [-0.15, -0.1) is 11.3 Å². The van der Waals surface area contributed by atoms with Crippen LogP contribution in [0.2, 0.25) is 0 Å². The van der Waals surface area contributed by atoms with Gasteiger partial charge in [0.2, 0.25) is 5.91 Å². The minimum Gasteiger partial charge on any atom is -0.351 e. The molecule has 0 spiro atoms. The van der Waals surface area contributed by atoms with E-state index >= 15 is 0 Å². The van der Waals surface area contributed by atoms with Gasteiger partial charge in [0.1, 0.15) is 11.5 Å². The summed E-state index contributed by atoms with van der Waals surface area (Å²) < 4.78 is 2.31. The standard InChI is InChI=1S/C15H21N5O2S/c1-10-5-3-6-12(11(10)2)16-13(21)9-19-15(22)20(18-17-19)14-7-4-8-23-14/h4,7-8,10-12H,3,5-6,9H2,1-2H3,(H,16,21). The lowest BCUT2D eigenvalue weighted by atomic mass is 9.78. The largest absolute Gasteiger partial charge is 0.369 e. The van der Waals surface area contributed by atoms with Crippen LogP contribution >= 0.6 is 11.3 Å². The van der Waals surface area contributed by atoms with Gasteiger partial charge in [-0.25, -0.2) is 4.79 Å². The maximum atomic E-state index is 12.2. The number of hydrogen-bond donors (Lipinski definition) is 1. The fourth-order valence-electron chi connectivity index (χ4n) is 3.08. The summed E-state index contributed by atoms with van der Waals surface area (Å²) >= 11 is 1.40. The number of tetrazole rings is 1. The molecule has 3 atom stereocenters. The van der Waals surface area contributed by atoms with E-state index in [0.717, 1.165) is 17.5 Å². The van der Waals surface area contributed by atoms with E-state index in [0.29, 0.717) is 16.8 Å². The van der Waals surface area contributed by atoms with Crippen LogP contribution in [0.5, 0.6) is 0 Å². The molecule has 1 saturated carbocycles. The molecule has 0 radical (unpaired) electrons. The van der Waals surface area contributed by atoms with Crippen molar-refractivity contribution in [3.05, 3.63) is 28.0 Å². The molecular formula is C15H21N5O2S. The fourth-order valence-corrected chi connectivity index (χ4v) is 3.74. The van der Waals surface area contributed by atoms with Crippen LogP contribution in [-0.2, 0) is 11.3 Å². The molecule has 7 nitrogen and oxygen atoms in total. The van der Waals surface area contributed by atoms with Gasteiger partial charge in [-0.3, -0.25) is 4.79 Å². The molecule has 1 N–H and O–H groups in total. The van der Waals surface area contributed by atoms with Gasteiger partial charge in [0.05, 0.1) is 0 Å². The zero-order valence-corrected chi connectivity index (χ0v) is 14.1. The Balaban J connectivity index is 1.66. The molecule has 2 aromatic heterocycles. The van der Waals surface area contributed by atoms with Crippen LogP contribution in [0.4, 0.5) is 0 Å². The van der Waals surface area contributed by atoms with Crippen molar-refractivity contribution in [2.45, 2.75) is 45.7 Å². The highest BCUT2D eigenvalue weighted by Crippen LogP contribution is 2.29. The second-order valence-electron chi connectivity index (χ2n) is 6.22. The van der Waals surface area contributed by atoms with Crippen molar-refractivity contribution in [3.63, 3.8) is 0 Å². The first kappa shape index (κ1) is 15.9. The van der Waals surface area contributed by atoms with E-state index < -0.39 is 5.69 Å². The summed E-state index contributed by atoms with van der Waals surface area (Å²) in [4.78, 5) is 24.5. The number of aromatic nitrogens is 4. The van der Waals surface area contributed by atoms with Crippen molar-refractivity contribution in [1.29, 1.82) is 0 Å². The first-order valence-corrected chi connectivity index (χ1v) is 8.80. The number of thiophene rings is 1. The summed E-state index contributed by atoms with van der Waals surface area (Å²) in [5, 5.41) is 13.2. The third-order valence-electron chi connectivity index (χ3n) is 4.70. The topological polar surface area (TPSA) is 81.8 Å². The minimum atomic E-state index is -0.396. The molecule has 0 saturated heterocycles. The molecule has 2 aromatic rings. The van der Waals surface area contributed by atoms with E-state index in [1.807, 2.05) is 11.4 Å². The van der Waals surface area contributed by atoms with Crippen molar-refractivity contribution >= 4 is 17.2 Å². The Bertz CT molecular complexity index is 721. The Morgan fingerprint density at radius 2 is 2.22 bits per heavy atom. The zero-order valence-electron chi connectivity index (χ0n) is 13.3. The van der Waals surface area contributed by atoms with Crippen LogP contribution in [0.15, 0.2) is 22.3 Å². The Morgan fingerprint density at radius 1 is 1.39 bits per heavy atom. The molecule has 0 aromatic carbocycles. The summed E-state index contributed by atoms with van der Waals surface area (Å²) in [5.41, 5.74) is -0.396. The molecule has 3 rings (SSSR count). The Labute approximate surface area is 138 Å². The van der Waals surface area contributed by atoms with Gasteiger partial charge in [0.25, 0.3) is 0 Å². The molecule has 3 unspecified atom stereocenters. The summed E-state index contributed by atoms with van der Waals surface area (Å²) in [7, 11) is 0. The molecular weight excluding hydrogens is 314 g/mol. The second-order valence-corrected chi connectivity index (χ2v) is 7.15. The quantitative estimate of drug-likeness (QED) is 0.916. The van der Waals surface area contributed by atoms with E-state index in [2.05, 4.69) is 29.6 Å². The van der Waals surface area contributed by atoms with E-state index in [4.69, 9.17) is 0 Å². The van der Waals surface area contributed by atoms with Crippen LogP contribution in [0.3, 0.4) is 0 Å². The number of carbonyl (C=O) groups is 1. The molecule has 1 fully saturated rings. The maximum Gasteiger partial charge on any atom is 0.369 e. The molecule has 1 aliphatic carbocycles. The predicted molar refractivity (Wildman–Crippen MR) is 87.6 cm³/mol. The van der Waals surface area contributed by atoms with Gasteiger partial charge in [0, 0.05) is 6.04 Å². The summed E-state index contributed by atoms with van der Waals surface area (Å²) in [6.45, 7) is 4.30. The Morgan fingerprint density at radius 3 is 2.96 bits per heavy atom. The summed E-state index contributed by atoms with van der Waals surface area (Å²) in [6.07, 6.45) is 3.33. The lowest BCUT2D eigenvalue weighted by molar-refractivity contribution is -0.123. The van der Waals surface area contributed by atoms with Crippen LogP contribution < -0.4 is 11.0 Å². The van der Waals surface area contributed by atoms with Crippen LogP contribution in [0, 0.1) is 11.8 Å². The van der Waals surface area contributed by atoms with Crippen molar-refractivity contribution < 1.29 is 4.79 Å². The Kier molecular flexibility index (Phi) is 4.61. The second kappa shape index (κ2) is 6.66. The number of nitrogens with one attached hydrogen (secondary N) is 1. The molecule has 0 bridgehead atoms. The van der Waals surface area contributed by atoms with Crippen LogP contribution in [-0.4, -0.2) is 31.7 Å². The molecule has 1 amide bonds. The van der Waals surface area contributed by atoms with E-state index in [9.17, 15) is 9.59 Å². The molecule has 2 heterocycles. The molecule has 1 aliphatic rings. The summed E-state index contributed by atoms with van der Waals surface area (Å²) in [5.74, 6) is 0.874. The number of nitrogens with zero attached hydrogens (tertiary/aromatic N) is 4. The van der Waals surface area contributed by atoms with E-state index in [1.165, 1.54) is 22.4 Å². The first-order valence-electron chi connectivity index (χ1n) is 7.92.